The molecule has 2 rings (SSSR count). The fourth-order valence-electron chi connectivity index (χ4n) is 3.07. The standard InChI is InChI=1S/C18H26O3/c1-18(2,3)21-17(20)12-13-4-6-14(7-5-13)15-8-10-16(19)11-9-15/h8-11,13-14,19H,4-7,12H2,1-3H3. The number of aromatic hydroxyl groups is 1. The summed E-state index contributed by atoms with van der Waals surface area (Å²) in [6, 6.07) is 7.52. The van der Waals surface area contributed by atoms with Gasteiger partial charge in [0.15, 0.2) is 0 Å². The monoisotopic (exact) mass is 290 g/mol. The van der Waals surface area contributed by atoms with Crippen molar-refractivity contribution < 1.29 is 14.6 Å². The fourth-order valence-corrected chi connectivity index (χ4v) is 3.07. The number of carbonyl (C=O) groups excluding carboxylic acids is 1. The highest BCUT2D eigenvalue weighted by atomic mass is 16.6. The summed E-state index contributed by atoms with van der Waals surface area (Å²) >= 11 is 0. The molecule has 0 heterocycles. The smallest absolute Gasteiger partial charge is 0.306 e. The summed E-state index contributed by atoms with van der Waals surface area (Å²) in [5.74, 6) is 1.25. The lowest BCUT2D eigenvalue weighted by Crippen LogP contribution is -2.26. The number of phenols is 1. The van der Waals surface area contributed by atoms with Crippen LogP contribution in [0.2, 0.25) is 0 Å². The van der Waals surface area contributed by atoms with E-state index in [-0.39, 0.29) is 11.6 Å². The molecule has 1 aliphatic carbocycles. The Kier molecular flexibility index (Phi) is 4.92. The van der Waals surface area contributed by atoms with Crippen molar-refractivity contribution in [3.05, 3.63) is 29.8 Å². The van der Waals surface area contributed by atoms with Gasteiger partial charge >= 0.3 is 5.97 Å². The van der Waals surface area contributed by atoms with Gasteiger partial charge in [-0.1, -0.05) is 12.1 Å². The summed E-state index contributed by atoms with van der Waals surface area (Å²) in [6.07, 6.45) is 4.91. The van der Waals surface area contributed by atoms with Crippen molar-refractivity contribution in [2.75, 3.05) is 0 Å². The third-order valence-electron chi connectivity index (χ3n) is 4.09. The number of hydrogen-bond acceptors (Lipinski definition) is 3. The first-order valence-corrected chi connectivity index (χ1v) is 7.84. The van der Waals surface area contributed by atoms with Gasteiger partial charge in [-0.3, -0.25) is 4.79 Å². The second kappa shape index (κ2) is 6.50. The Morgan fingerprint density at radius 2 is 1.71 bits per heavy atom. The van der Waals surface area contributed by atoms with E-state index in [1.165, 1.54) is 5.56 Å². The lowest BCUT2D eigenvalue weighted by Gasteiger charge is -2.29. The Morgan fingerprint density at radius 1 is 1.14 bits per heavy atom. The van der Waals surface area contributed by atoms with Crippen LogP contribution in [-0.2, 0) is 9.53 Å². The molecular formula is C18H26O3. The van der Waals surface area contributed by atoms with Gasteiger partial charge in [-0.15, -0.1) is 0 Å². The van der Waals surface area contributed by atoms with Crippen LogP contribution in [0.3, 0.4) is 0 Å². The fraction of sp³-hybridized carbons (Fsp3) is 0.611. The van der Waals surface area contributed by atoms with Gasteiger partial charge in [0, 0.05) is 6.42 Å². The average Bonchev–Trinajstić information content (AvgIpc) is 2.38. The largest absolute Gasteiger partial charge is 0.508 e. The maximum atomic E-state index is 11.9. The Balaban J connectivity index is 1.80. The molecule has 21 heavy (non-hydrogen) atoms. The zero-order valence-corrected chi connectivity index (χ0v) is 13.3. The van der Waals surface area contributed by atoms with Gasteiger partial charge in [-0.25, -0.2) is 0 Å². The minimum atomic E-state index is -0.389. The molecule has 1 saturated carbocycles. The van der Waals surface area contributed by atoms with Crippen LogP contribution in [0.4, 0.5) is 0 Å². The van der Waals surface area contributed by atoms with E-state index >= 15 is 0 Å². The number of rotatable bonds is 3. The van der Waals surface area contributed by atoms with Crippen LogP contribution in [0, 0.1) is 5.92 Å². The molecule has 0 radical (unpaired) electrons. The quantitative estimate of drug-likeness (QED) is 0.839. The molecule has 116 valence electrons. The molecule has 1 aromatic rings. The molecule has 0 saturated heterocycles. The minimum Gasteiger partial charge on any atom is -0.508 e. The molecule has 1 aromatic carbocycles. The predicted octanol–water partition coefficient (Wildman–Crippen LogP) is 4.40. The highest BCUT2D eigenvalue weighted by Crippen LogP contribution is 2.37. The Bertz CT molecular complexity index is 462. The van der Waals surface area contributed by atoms with Crippen LogP contribution in [-0.4, -0.2) is 16.7 Å². The van der Waals surface area contributed by atoms with Crippen molar-refractivity contribution in [1.82, 2.24) is 0 Å². The highest BCUT2D eigenvalue weighted by molar-refractivity contribution is 5.70. The Labute approximate surface area is 127 Å². The SMILES string of the molecule is CC(C)(C)OC(=O)CC1CCC(c2ccc(O)cc2)CC1. The van der Waals surface area contributed by atoms with Crippen molar-refractivity contribution >= 4 is 5.97 Å². The molecule has 3 heteroatoms. The third kappa shape index (κ3) is 5.07. The zero-order chi connectivity index (χ0) is 15.5. The molecule has 1 N–H and O–H groups in total. The van der Waals surface area contributed by atoms with Crippen LogP contribution in [0.15, 0.2) is 24.3 Å². The second-order valence-electron chi connectivity index (χ2n) is 7.10. The number of ether oxygens (including phenoxy) is 1. The van der Waals surface area contributed by atoms with Gasteiger partial charge in [0.25, 0.3) is 0 Å². The van der Waals surface area contributed by atoms with Crippen molar-refractivity contribution in [2.45, 2.75) is 64.4 Å². The summed E-state index contributed by atoms with van der Waals surface area (Å²) in [7, 11) is 0. The molecule has 0 atom stereocenters. The summed E-state index contributed by atoms with van der Waals surface area (Å²) < 4.78 is 5.40. The van der Waals surface area contributed by atoms with Gasteiger partial charge in [0.2, 0.25) is 0 Å². The van der Waals surface area contributed by atoms with Crippen LogP contribution >= 0.6 is 0 Å². The molecule has 1 fully saturated rings. The Hall–Kier alpha value is -1.51. The van der Waals surface area contributed by atoms with E-state index in [4.69, 9.17) is 4.74 Å². The lowest BCUT2D eigenvalue weighted by atomic mass is 9.77. The van der Waals surface area contributed by atoms with Crippen molar-refractivity contribution in [3.8, 4) is 5.75 Å². The van der Waals surface area contributed by atoms with Gasteiger partial charge < -0.3 is 9.84 Å². The number of benzene rings is 1. The van der Waals surface area contributed by atoms with Crippen LogP contribution in [0.25, 0.3) is 0 Å². The normalized spacial score (nSPS) is 22.8. The van der Waals surface area contributed by atoms with E-state index in [1.807, 2.05) is 32.9 Å². The van der Waals surface area contributed by atoms with Gasteiger partial charge in [-0.05, 0) is 76.0 Å². The molecule has 3 nitrogen and oxygen atoms in total. The lowest BCUT2D eigenvalue weighted by molar-refractivity contribution is -0.156. The van der Waals surface area contributed by atoms with E-state index in [0.717, 1.165) is 25.7 Å². The number of phenolic OH excluding ortho intramolecular Hbond substituents is 1. The van der Waals surface area contributed by atoms with E-state index in [1.54, 1.807) is 12.1 Å². The Morgan fingerprint density at radius 3 is 2.24 bits per heavy atom. The van der Waals surface area contributed by atoms with Crippen molar-refractivity contribution in [1.29, 1.82) is 0 Å². The average molecular weight is 290 g/mol. The van der Waals surface area contributed by atoms with Crippen LogP contribution < -0.4 is 0 Å². The van der Waals surface area contributed by atoms with E-state index in [0.29, 0.717) is 24.0 Å². The number of esters is 1. The summed E-state index contributed by atoms with van der Waals surface area (Å²) in [5.41, 5.74) is 0.906. The van der Waals surface area contributed by atoms with E-state index < -0.39 is 0 Å². The molecule has 0 unspecified atom stereocenters. The van der Waals surface area contributed by atoms with Crippen LogP contribution in [0.5, 0.6) is 5.75 Å². The first kappa shape index (κ1) is 15.9. The van der Waals surface area contributed by atoms with Gasteiger partial charge in [0.05, 0.1) is 0 Å². The first-order chi connectivity index (χ1) is 9.83. The van der Waals surface area contributed by atoms with Crippen molar-refractivity contribution in [3.63, 3.8) is 0 Å². The van der Waals surface area contributed by atoms with E-state index in [2.05, 4.69) is 0 Å². The summed E-state index contributed by atoms with van der Waals surface area (Å²) in [6.45, 7) is 5.73. The summed E-state index contributed by atoms with van der Waals surface area (Å²) in [4.78, 5) is 11.9. The number of carbonyl (C=O) groups is 1. The maximum absolute atomic E-state index is 11.9. The predicted molar refractivity (Wildman–Crippen MR) is 83.3 cm³/mol. The molecule has 0 bridgehead atoms. The van der Waals surface area contributed by atoms with Gasteiger partial charge in [-0.2, -0.15) is 0 Å². The second-order valence-corrected chi connectivity index (χ2v) is 7.10. The first-order valence-electron chi connectivity index (χ1n) is 7.84. The van der Waals surface area contributed by atoms with Crippen LogP contribution in [0.1, 0.15) is 64.4 Å². The molecule has 1 aliphatic rings. The summed E-state index contributed by atoms with van der Waals surface area (Å²) in [5, 5.41) is 9.34. The number of hydrogen-bond donors (Lipinski definition) is 1. The maximum Gasteiger partial charge on any atom is 0.306 e. The van der Waals surface area contributed by atoms with E-state index in [9.17, 15) is 9.90 Å². The molecule has 0 spiro atoms. The third-order valence-corrected chi connectivity index (χ3v) is 4.09. The van der Waals surface area contributed by atoms with Gasteiger partial charge in [0.1, 0.15) is 11.4 Å². The molecule has 0 aromatic heterocycles. The topological polar surface area (TPSA) is 46.5 Å². The van der Waals surface area contributed by atoms with Crippen molar-refractivity contribution in [2.24, 2.45) is 5.92 Å². The molecular weight excluding hydrogens is 264 g/mol. The highest BCUT2D eigenvalue weighted by Gasteiger charge is 2.26. The molecule has 0 aliphatic heterocycles. The minimum absolute atomic E-state index is 0.0735. The zero-order valence-electron chi connectivity index (χ0n) is 13.3. The molecule has 0 amide bonds.